The molecule has 0 atom stereocenters. The van der Waals surface area contributed by atoms with Gasteiger partial charge in [0.15, 0.2) is 17.0 Å². The number of para-hydroxylation sites is 1. The van der Waals surface area contributed by atoms with Crippen molar-refractivity contribution in [3.8, 4) is 5.75 Å². The number of hydrogen-bond acceptors (Lipinski definition) is 3. The van der Waals surface area contributed by atoms with E-state index in [2.05, 4.69) is 4.98 Å². The van der Waals surface area contributed by atoms with Crippen LogP contribution in [0.3, 0.4) is 0 Å². The van der Waals surface area contributed by atoms with Crippen LogP contribution >= 0.6 is 0 Å². The molecule has 0 aliphatic carbocycles. The lowest BCUT2D eigenvalue weighted by Gasteiger charge is -2.01. The summed E-state index contributed by atoms with van der Waals surface area (Å²) in [6.07, 6.45) is 0. The summed E-state index contributed by atoms with van der Waals surface area (Å²) in [6, 6.07) is 5.68. The Bertz CT molecular complexity index is 420. The molecule has 2 rings (SSSR count). The van der Waals surface area contributed by atoms with Gasteiger partial charge in [-0.25, -0.2) is 4.98 Å². The number of aryl methyl sites for hydroxylation is 1. The SMILES string of the molecule is CCOc1cccc2oc(C)nc12. The molecule has 3 heteroatoms. The number of fused-ring (bicyclic) bond motifs is 1. The van der Waals surface area contributed by atoms with Crippen LogP contribution in [0.5, 0.6) is 5.75 Å². The maximum atomic E-state index is 5.41. The topological polar surface area (TPSA) is 35.3 Å². The highest BCUT2D eigenvalue weighted by atomic mass is 16.5. The fourth-order valence-electron chi connectivity index (χ4n) is 1.31. The van der Waals surface area contributed by atoms with E-state index in [1.54, 1.807) is 0 Å². The van der Waals surface area contributed by atoms with Gasteiger partial charge in [0, 0.05) is 6.92 Å². The normalized spacial score (nSPS) is 10.6. The maximum absolute atomic E-state index is 5.41. The second-order valence-corrected chi connectivity index (χ2v) is 2.77. The van der Waals surface area contributed by atoms with Gasteiger partial charge in [-0.05, 0) is 19.1 Å². The van der Waals surface area contributed by atoms with Crippen LogP contribution in [0.2, 0.25) is 0 Å². The number of oxazole rings is 1. The van der Waals surface area contributed by atoms with Crippen molar-refractivity contribution < 1.29 is 9.15 Å². The Hall–Kier alpha value is -1.51. The molecule has 0 amide bonds. The summed E-state index contributed by atoms with van der Waals surface area (Å²) in [5.74, 6) is 1.46. The van der Waals surface area contributed by atoms with Gasteiger partial charge >= 0.3 is 0 Å². The summed E-state index contributed by atoms with van der Waals surface area (Å²) < 4.78 is 10.8. The van der Waals surface area contributed by atoms with Gasteiger partial charge in [0.1, 0.15) is 5.75 Å². The fourth-order valence-corrected chi connectivity index (χ4v) is 1.31. The first-order valence-electron chi connectivity index (χ1n) is 4.30. The molecule has 13 heavy (non-hydrogen) atoms. The van der Waals surface area contributed by atoms with Gasteiger partial charge in [-0.15, -0.1) is 0 Å². The second kappa shape index (κ2) is 3.09. The van der Waals surface area contributed by atoms with Crippen LogP contribution in [0.15, 0.2) is 22.6 Å². The van der Waals surface area contributed by atoms with Gasteiger partial charge in [-0.2, -0.15) is 0 Å². The molecule has 0 aliphatic rings. The highest BCUT2D eigenvalue weighted by Gasteiger charge is 2.06. The minimum atomic E-state index is 0.644. The summed E-state index contributed by atoms with van der Waals surface area (Å²) >= 11 is 0. The number of nitrogens with zero attached hydrogens (tertiary/aromatic N) is 1. The molecule has 1 aromatic heterocycles. The molecule has 0 radical (unpaired) electrons. The Morgan fingerprint density at radius 3 is 3.08 bits per heavy atom. The lowest BCUT2D eigenvalue weighted by molar-refractivity contribution is 0.343. The number of rotatable bonds is 2. The maximum Gasteiger partial charge on any atom is 0.192 e. The van der Waals surface area contributed by atoms with Gasteiger partial charge in [0.2, 0.25) is 0 Å². The minimum absolute atomic E-state index is 0.644. The largest absolute Gasteiger partial charge is 0.491 e. The van der Waals surface area contributed by atoms with Gasteiger partial charge in [-0.1, -0.05) is 6.07 Å². The third-order valence-corrected chi connectivity index (χ3v) is 1.79. The second-order valence-electron chi connectivity index (χ2n) is 2.77. The Balaban J connectivity index is 2.60. The first-order valence-corrected chi connectivity index (χ1v) is 4.30. The number of ether oxygens (including phenoxy) is 1. The molecule has 1 aromatic carbocycles. The van der Waals surface area contributed by atoms with Crippen LogP contribution in [0.1, 0.15) is 12.8 Å². The third kappa shape index (κ3) is 1.37. The van der Waals surface area contributed by atoms with E-state index in [-0.39, 0.29) is 0 Å². The average molecular weight is 177 g/mol. The van der Waals surface area contributed by atoms with Crippen LogP contribution in [0.25, 0.3) is 11.1 Å². The predicted octanol–water partition coefficient (Wildman–Crippen LogP) is 2.53. The molecule has 2 aromatic rings. The van der Waals surface area contributed by atoms with Crippen molar-refractivity contribution >= 4 is 11.1 Å². The van der Waals surface area contributed by atoms with Gasteiger partial charge in [-0.3, -0.25) is 0 Å². The lowest BCUT2D eigenvalue weighted by atomic mass is 10.3. The predicted molar refractivity (Wildman–Crippen MR) is 49.9 cm³/mol. The van der Waals surface area contributed by atoms with Crippen LogP contribution in [0.4, 0.5) is 0 Å². The summed E-state index contributed by atoms with van der Waals surface area (Å²) in [6.45, 7) is 4.42. The molecule has 0 saturated carbocycles. The molecule has 0 fully saturated rings. The van der Waals surface area contributed by atoms with Crippen molar-refractivity contribution in [3.05, 3.63) is 24.1 Å². The lowest BCUT2D eigenvalue weighted by Crippen LogP contribution is -1.91. The van der Waals surface area contributed by atoms with E-state index < -0.39 is 0 Å². The van der Waals surface area contributed by atoms with Crippen molar-refractivity contribution in [1.82, 2.24) is 4.98 Å². The van der Waals surface area contributed by atoms with Crippen molar-refractivity contribution in [2.45, 2.75) is 13.8 Å². The smallest absolute Gasteiger partial charge is 0.192 e. The number of benzene rings is 1. The van der Waals surface area contributed by atoms with E-state index in [9.17, 15) is 0 Å². The standard InChI is InChI=1S/C10H11NO2/c1-3-12-8-5-4-6-9-10(8)11-7(2)13-9/h4-6H,3H2,1-2H3. The summed E-state index contributed by atoms with van der Waals surface area (Å²) in [4.78, 5) is 4.24. The summed E-state index contributed by atoms with van der Waals surface area (Å²) in [5, 5.41) is 0. The third-order valence-electron chi connectivity index (χ3n) is 1.79. The van der Waals surface area contributed by atoms with Crippen molar-refractivity contribution in [3.63, 3.8) is 0 Å². The van der Waals surface area contributed by atoms with Crippen molar-refractivity contribution in [2.24, 2.45) is 0 Å². The molecule has 0 saturated heterocycles. The Kier molecular flexibility index (Phi) is 1.93. The molecule has 0 spiro atoms. The van der Waals surface area contributed by atoms with E-state index in [1.165, 1.54) is 0 Å². The van der Waals surface area contributed by atoms with Gasteiger partial charge < -0.3 is 9.15 Å². The zero-order valence-electron chi connectivity index (χ0n) is 7.70. The number of aromatic nitrogens is 1. The van der Waals surface area contributed by atoms with E-state index in [4.69, 9.17) is 9.15 Å². The van der Waals surface area contributed by atoms with Gasteiger partial charge in [0.05, 0.1) is 6.61 Å². The minimum Gasteiger partial charge on any atom is -0.491 e. The molecule has 0 aliphatic heterocycles. The first kappa shape index (κ1) is 8.10. The molecular formula is C10H11NO2. The van der Waals surface area contributed by atoms with Crippen molar-refractivity contribution in [2.75, 3.05) is 6.61 Å². The van der Waals surface area contributed by atoms with Gasteiger partial charge in [0.25, 0.3) is 0 Å². The van der Waals surface area contributed by atoms with Crippen molar-refractivity contribution in [1.29, 1.82) is 0 Å². The van der Waals surface area contributed by atoms with Crippen LogP contribution in [-0.4, -0.2) is 11.6 Å². The van der Waals surface area contributed by atoms with E-state index in [1.807, 2.05) is 32.0 Å². The van der Waals surface area contributed by atoms with E-state index in [0.29, 0.717) is 12.5 Å². The average Bonchev–Trinajstić information content (AvgIpc) is 2.47. The molecule has 3 nitrogen and oxygen atoms in total. The molecule has 1 heterocycles. The fraction of sp³-hybridized carbons (Fsp3) is 0.300. The molecule has 0 N–H and O–H groups in total. The van der Waals surface area contributed by atoms with Crippen LogP contribution in [0, 0.1) is 6.92 Å². The monoisotopic (exact) mass is 177 g/mol. The molecule has 0 unspecified atom stereocenters. The van der Waals surface area contributed by atoms with Crippen LogP contribution in [-0.2, 0) is 0 Å². The first-order chi connectivity index (χ1) is 6.31. The zero-order chi connectivity index (χ0) is 9.26. The molecule has 68 valence electrons. The molecule has 0 bridgehead atoms. The summed E-state index contributed by atoms with van der Waals surface area (Å²) in [7, 11) is 0. The highest BCUT2D eigenvalue weighted by Crippen LogP contribution is 2.25. The molecular weight excluding hydrogens is 166 g/mol. The van der Waals surface area contributed by atoms with E-state index >= 15 is 0 Å². The quantitative estimate of drug-likeness (QED) is 0.707. The van der Waals surface area contributed by atoms with Crippen LogP contribution < -0.4 is 4.74 Å². The highest BCUT2D eigenvalue weighted by molar-refractivity contribution is 5.79. The Morgan fingerprint density at radius 2 is 2.31 bits per heavy atom. The Labute approximate surface area is 76.3 Å². The zero-order valence-corrected chi connectivity index (χ0v) is 7.70. The Morgan fingerprint density at radius 1 is 1.46 bits per heavy atom. The summed E-state index contributed by atoms with van der Waals surface area (Å²) in [5.41, 5.74) is 1.59. The number of hydrogen-bond donors (Lipinski definition) is 0. The van der Waals surface area contributed by atoms with E-state index in [0.717, 1.165) is 16.8 Å².